The molecule has 1 aromatic carbocycles. The number of hydrogen-bond acceptors (Lipinski definition) is 8. The summed E-state index contributed by atoms with van der Waals surface area (Å²) in [6.07, 6.45) is 0.761. The molecule has 3 fully saturated rings. The van der Waals surface area contributed by atoms with Crippen molar-refractivity contribution < 1.29 is 37.0 Å². The largest absolute Gasteiger partial charge is 0.573 e. The number of carbonyl (C=O) groups excluding carboxylic acids is 2. The van der Waals surface area contributed by atoms with E-state index in [4.69, 9.17) is 9.47 Å². The molecule has 3 atom stereocenters. The Bertz CT molecular complexity index is 1600. The highest BCUT2D eigenvalue weighted by Crippen LogP contribution is 2.51. The molecule has 6 rings (SSSR count). The number of fused-ring (bicyclic) bond motifs is 2. The van der Waals surface area contributed by atoms with Gasteiger partial charge < -0.3 is 29.7 Å². The van der Waals surface area contributed by atoms with Gasteiger partial charge in [0.1, 0.15) is 34.9 Å². The lowest BCUT2D eigenvalue weighted by Crippen LogP contribution is -2.45. The monoisotopic (exact) mass is 639 g/mol. The molecule has 4 heterocycles. The van der Waals surface area contributed by atoms with E-state index in [0.717, 1.165) is 44.4 Å². The van der Waals surface area contributed by atoms with E-state index in [1.807, 2.05) is 0 Å². The molecule has 244 valence electrons. The molecule has 3 aliphatic heterocycles. The zero-order chi connectivity index (χ0) is 32.6. The summed E-state index contributed by atoms with van der Waals surface area (Å²) in [7, 11) is 0. The number of piperazine rings is 1. The van der Waals surface area contributed by atoms with E-state index in [-0.39, 0.29) is 35.3 Å². The second kappa shape index (κ2) is 12.8. The van der Waals surface area contributed by atoms with Crippen LogP contribution >= 0.6 is 0 Å². The van der Waals surface area contributed by atoms with Gasteiger partial charge in [-0.1, -0.05) is 19.6 Å². The molecule has 1 aromatic heterocycles. The third-order valence-corrected chi connectivity index (χ3v) is 8.71. The number of alkyl halides is 3. The van der Waals surface area contributed by atoms with Crippen LogP contribution in [0.1, 0.15) is 41.8 Å². The SMILES string of the molecule is C=C1/C(=C\C=C(/C)Oc2ccnc3c2CCC(=O)N3)O[C@@H]2[C@@H](NC(=O)c3ccc(CN4CCN(CC)CC4)c(OC(F)(F)F)c3)[C@H]12. The van der Waals surface area contributed by atoms with Crippen LogP contribution in [-0.4, -0.2) is 77.8 Å². The van der Waals surface area contributed by atoms with E-state index in [1.54, 1.807) is 31.3 Å². The number of ether oxygens (including phenoxy) is 3. The van der Waals surface area contributed by atoms with Crippen LogP contribution in [0.5, 0.6) is 11.5 Å². The number of aromatic nitrogens is 1. The lowest BCUT2D eigenvalue weighted by atomic mass is 10.1. The molecule has 2 saturated heterocycles. The van der Waals surface area contributed by atoms with Gasteiger partial charge in [-0.25, -0.2) is 4.98 Å². The second-order valence-corrected chi connectivity index (χ2v) is 11.8. The highest BCUT2D eigenvalue weighted by Gasteiger charge is 2.60. The predicted molar refractivity (Wildman–Crippen MR) is 163 cm³/mol. The van der Waals surface area contributed by atoms with Crippen LogP contribution in [0.4, 0.5) is 19.0 Å². The van der Waals surface area contributed by atoms with E-state index in [1.165, 1.54) is 12.1 Å². The summed E-state index contributed by atoms with van der Waals surface area (Å²) in [5.41, 5.74) is 1.99. The molecule has 0 spiro atoms. The third kappa shape index (κ3) is 7.05. The molecule has 10 nitrogen and oxygen atoms in total. The summed E-state index contributed by atoms with van der Waals surface area (Å²) in [6.45, 7) is 12.4. The van der Waals surface area contributed by atoms with Crippen molar-refractivity contribution in [1.29, 1.82) is 0 Å². The number of rotatable bonds is 9. The minimum absolute atomic E-state index is 0.0683. The molecule has 4 aliphatic rings. The van der Waals surface area contributed by atoms with E-state index in [2.05, 4.69) is 43.7 Å². The predicted octanol–water partition coefficient (Wildman–Crippen LogP) is 4.55. The van der Waals surface area contributed by atoms with Crippen LogP contribution in [0.15, 0.2) is 66.3 Å². The number of anilines is 1. The summed E-state index contributed by atoms with van der Waals surface area (Å²) < 4.78 is 56.2. The lowest BCUT2D eigenvalue weighted by Gasteiger charge is -2.34. The molecular formula is C33H36F3N5O5. The van der Waals surface area contributed by atoms with Crippen LogP contribution < -0.4 is 20.1 Å². The Morgan fingerprint density at radius 3 is 2.63 bits per heavy atom. The average Bonchev–Trinajstić information content (AvgIpc) is 3.58. The van der Waals surface area contributed by atoms with E-state index in [0.29, 0.717) is 53.6 Å². The van der Waals surface area contributed by atoms with Crippen LogP contribution in [0.25, 0.3) is 0 Å². The highest BCUT2D eigenvalue weighted by molar-refractivity contribution is 5.95. The first-order valence-electron chi connectivity index (χ1n) is 15.3. The van der Waals surface area contributed by atoms with Crippen molar-refractivity contribution in [3.63, 3.8) is 0 Å². The average molecular weight is 640 g/mol. The van der Waals surface area contributed by atoms with Crippen LogP contribution in [0.2, 0.25) is 0 Å². The fourth-order valence-electron chi connectivity index (χ4n) is 6.09. The standard InChI is InChI=1S/C33H36F3N5O5/c1-4-40-13-15-41(16-14-40)18-22-7-6-21(17-26(22)46-33(34,35)36)32(43)39-29-28-20(3)24(45-30(28)29)9-5-19(2)44-25-11-12-37-31-23(25)8-10-27(42)38-31/h5-7,9,11-12,17,28-30H,3-4,8,10,13-16,18H2,1-2H3,(H,39,43)(H,37,38,42)/b19-5+,24-9+/t28-,29-,30-/m0/s1. The maximum atomic E-state index is 13.3. The van der Waals surface area contributed by atoms with Crippen molar-refractivity contribution in [3.8, 4) is 11.5 Å². The van der Waals surface area contributed by atoms with Gasteiger partial charge in [0.15, 0.2) is 0 Å². The summed E-state index contributed by atoms with van der Waals surface area (Å²) in [6, 6.07) is 5.60. The minimum atomic E-state index is -4.89. The van der Waals surface area contributed by atoms with Gasteiger partial charge in [-0.05, 0) is 55.8 Å². The van der Waals surface area contributed by atoms with Crippen molar-refractivity contribution >= 4 is 17.6 Å². The molecule has 0 unspecified atom stereocenters. The number of benzene rings is 1. The first-order valence-corrected chi connectivity index (χ1v) is 15.3. The first-order chi connectivity index (χ1) is 22.0. The van der Waals surface area contributed by atoms with Gasteiger partial charge in [-0.2, -0.15) is 0 Å². The molecule has 2 aromatic rings. The summed E-state index contributed by atoms with van der Waals surface area (Å²) in [4.78, 5) is 33.3. The Balaban J connectivity index is 1.06. The molecule has 46 heavy (non-hydrogen) atoms. The zero-order valence-electron chi connectivity index (χ0n) is 25.7. The van der Waals surface area contributed by atoms with Crippen molar-refractivity contribution in [1.82, 2.24) is 20.1 Å². The molecule has 13 heteroatoms. The second-order valence-electron chi connectivity index (χ2n) is 11.8. The maximum absolute atomic E-state index is 13.3. The summed E-state index contributed by atoms with van der Waals surface area (Å²) >= 11 is 0. The first kappa shape index (κ1) is 31.6. The fourth-order valence-corrected chi connectivity index (χ4v) is 6.09. The topological polar surface area (TPSA) is 105 Å². The number of hydrogen-bond donors (Lipinski definition) is 2. The van der Waals surface area contributed by atoms with Crippen LogP contribution in [-0.2, 0) is 22.5 Å². The molecule has 1 saturated carbocycles. The van der Waals surface area contributed by atoms with Gasteiger partial charge in [-0.3, -0.25) is 14.5 Å². The zero-order valence-corrected chi connectivity index (χ0v) is 25.7. The normalized spacial score (nSPS) is 24.2. The van der Waals surface area contributed by atoms with Gasteiger partial charge in [-0.15, -0.1) is 13.2 Å². The maximum Gasteiger partial charge on any atom is 0.573 e. The van der Waals surface area contributed by atoms with Crippen molar-refractivity contribution in [2.24, 2.45) is 5.92 Å². The lowest BCUT2D eigenvalue weighted by molar-refractivity contribution is -0.275. The fraction of sp³-hybridized carbons (Fsp3) is 0.424. The van der Waals surface area contributed by atoms with Gasteiger partial charge in [0, 0.05) is 67.9 Å². The van der Waals surface area contributed by atoms with Crippen molar-refractivity contribution in [2.45, 2.75) is 51.7 Å². The Morgan fingerprint density at radius 2 is 1.93 bits per heavy atom. The van der Waals surface area contributed by atoms with E-state index in [9.17, 15) is 22.8 Å². The smallest absolute Gasteiger partial charge is 0.487 e. The van der Waals surface area contributed by atoms with Crippen molar-refractivity contribution in [2.75, 3.05) is 38.0 Å². The number of pyridine rings is 1. The Hall–Kier alpha value is -4.36. The Morgan fingerprint density at radius 1 is 1.17 bits per heavy atom. The van der Waals surface area contributed by atoms with E-state index >= 15 is 0 Å². The number of nitrogens with zero attached hydrogens (tertiary/aromatic N) is 3. The molecule has 0 bridgehead atoms. The van der Waals surface area contributed by atoms with Crippen LogP contribution in [0, 0.1) is 5.92 Å². The number of nitrogens with one attached hydrogen (secondary N) is 2. The third-order valence-electron chi connectivity index (χ3n) is 8.71. The van der Waals surface area contributed by atoms with Gasteiger partial charge in [0.25, 0.3) is 5.91 Å². The molecular weight excluding hydrogens is 603 g/mol. The molecule has 1 aliphatic carbocycles. The summed E-state index contributed by atoms with van der Waals surface area (Å²) in [5.74, 6) is 1.15. The Kier molecular flexibility index (Phi) is 8.80. The van der Waals surface area contributed by atoms with Gasteiger partial charge in [0.05, 0.1) is 6.04 Å². The number of likely N-dealkylation sites (N-methyl/N-ethyl adjacent to an activating group) is 1. The molecule has 0 radical (unpaired) electrons. The number of amides is 2. The Labute approximate surface area is 264 Å². The molecule has 2 N–H and O–H groups in total. The van der Waals surface area contributed by atoms with Gasteiger partial charge >= 0.3 is 6.36 Å². The van der Waals surface area contributed by atoms with Crippen LogP contribution in [0.3, 0.4) is 0 Å². The number of allylic oxidation sites excluding steroid dienone is 4. The van der Waals surface area contributed by atoms with Gasteiger partial charge in [0.2, 0.25) is 5.91 Å². The van der Waals surface area contributed by atoms with E-state index < -0.39 is 12.3 Å². The number of carbonyl (C=O) groups is 2. The number of halogens is 3. The van der Waals surface area contributed by atoms with Crippen molar-refractivity contribution in [3.05, 3.63) is 83.0 Å². The molecule has 2 amide bonds. The minimum Gasteiger partial charge on any atom is -0.487 e. The highest BCUT2D eigenvalue weighted by atomic mass is 19.4. The quantitative estimate of drug-likeness (QED) is 0.386. The summed E-state index contributed by atoms with van der Waals surface area (Å²) in [5, 5.41) is 5.62.